The summed E-state index contributed by atoms with van der Waals surface area (Å²) < 4.78 is 7.09. The zero-order valence-electron chi connectivity index (χ0n) is 11.8. The van der Waals surface area contributed by atoms with Crippen LogP contribution in [0.5, 0.6) is 0 Å². The van der Waals surface area contributed by atoms with Gasteiger partial charge in [0.1, 0.15) is 0 Å². The van der Waals surface area contributed by atoms with Crippen LogP contribution in [0.1, 0.15) is 49.4 Å². The van der Waals surface area contributed by atoms with Crippen LogP contribution >= 0.6 is 15.9 Å². The number of aromatic nitrogens is 1. The summed E-state index contributed by atoms with van der Waals surface area (Å²) >= 11 is 3.78. The summed E-state index contributed by atoms with van der Waals surface area (Å²) in [5, 5.41) is 0. The maximum atomic E-state index is 11.8. The van der Waals surface area contributed by atoms with Gasteiger partial charge in [0, 0.05) is 11.4 Å². The van der Waals surface area contributed by atoms with Crippen molar-refractivity contribution >= 4 is 27.0 Å². The highest BCUT2D eigenvalue weighted by molar-refractivity contribution is 9.09. The zero-order valence-corrected chi connectivity index (χ0v) is 13.4. The van der Waals surface area contributed by atoms with Crippen molar-refractivity contribution in [3.8, 4) is 0 Å². The molecule has 1 heterocycles. The molecule has 20 heavy (non-hydrogen) atoms. The van der Waals surface area contributed by atoms with Gasteiger partial charge in [-0.2, -0.15) is 0 Å². The molecule has 1 saturated carbocycles. The first-order chi connectivity index (χ1) is 9.69. The van der Waals surface area contributed by atoms with Crippen molar-refractivity contribution in [2.75, 3.05) is 0 Å². The second-order valence-electron chi connectivity index (χ2n) is 5.75. The van der Waals surface area contributed by atoms with Gasteiger partial charge in [-0.3, -0.25) is 4.57 Å². The summed E-state index contributed by atoms with van der Waals surface area (Å²) in [6.45, 7) is 2.78. The predicted octanol–water partition coefficient (Wildman–Crippen LogP) is 4.63. The quantitative estimate of drug-likeness (QED) is 0.745. The number of alkyl halides is 1. The van der Waals surface area contributed by atoms with Gasteiger partial charge in [-0.25, -0.2) is 4.79 Å². The number of hydrogen-bond acceptors (Lipinski definition) is 2. The lowest BCUT2D eigenvalue weighted by atomic mass is 9.81. The molecule has 0 radical (unpaired) electrons. The Morgan fingerprint density at radius 3 is 2.90 bits per heavy atom. The summed E-state index contributed by atoms with van der Waals surface area (Å²) in [5.41, 5.74) is 2.82. The molecule has 1 aliphatic rings. The van der Waals surface area contributed by atoms with E-state index in [1.165, 1.54) is 31.2 Å². The molecule has 1 atom stereocenters. The van der Waals surface area contributed by atoms with Gasteiger partial charge in [0.25, 0.3) is 0 Å². The van der Waals surface area contributed by atoms with Gasteiger partial charge in [0.05, 0.1) is 5.52 Å². The van der Waals surface area contributed by atoms with Gasteiger partial charge in [-0.1, -0.05) is 48.2 Å². The van der Waals surface area contributed by atoms with Gasteiger partial charge in [0.2, 0.25) is 0 Å². The largest absolute Gasteiger partial charge is 0.419 e. The molecule has 0 amide bonds. The minimum absolute atomic E-state index is 0.246. The van der Waals surface area contributed by atoms with E-state index in [1.54, 1.807) is 4.57 Å². The van der Waals surface area contributed by atoms with E-state index in [1.807, 2.05) is 12.1 Å². The molecule has 0 saturated heterocycles. The lowest BCUT2D eigenvalue weighted by Gasteiger charge is -2.27. The number of oxazole rings is 1. The third-order valence-corrected chi connectivity index (χ3v) is 5.17. The molecule has 0 spiro atoms. The monoisotopic (exact) mass is 337 g/mol. The van der Waals surface area contributed by atoms with Gasteiger partial charge in [-0.15, -0.1) is 0 Å². The number of rotatable bonds is 5. The van der Waals surface area contributed by atoms with Crippen LogP contribution in [-0.4, -0.2) is 4.57 Å². The van der Waals surface area contributed by atoms with E-state index >= 15 is 0 Å². The molecule has 1 unspecified atom stereocenters. The zero-order chi connectivity index (χ0) is 14.1. The van der Waals surface area contributed by atoms with E-state index in [0.29, 0.717) is 17.0 Å². The predicted molar refractivity (Wildman–Crippen MR) is 84.4 cm³/mol. The first-order valence-corrected chi connectivity index (χ1v) is 8.38. The Morgan fingerprint density at radius 1 is 1.45 bits per heavy atom. The van der Waals surface area contributed by atoms with Crippen molar-refractivity contribution in [3.63, 3.8) is 0 Å². The standard InChI is InChI=1S/C16H20BrNO2/c1-2-8-18-14-7-6-12(10-15(14)20-16(18)19)13(17)9-11-4-3-5-11/h6-7,10-11,13H,2-5,8-9H2,1H3. The number of nitrogens with zero attached hydrogens (tertiary/aromatic N) is 1. The molecule has 1 aromatic carbocycles. The SMILES string of the molecule is CCCn1c(=O)oc2cc(C(Br)CC3CCC3)ccc21. The highest BCUT2D eigenvalue weighted by Crippen LogP contribution is 2.39. The Hall–Kier alpha value is -1.03. The Labute approximate surface area is 127 Å². The van der Waals surface area contributed by atoms with Crippen molar-refractivity contribution in [1.29, 1.82) is 0 Å². The number of aryl methyl sites for hydroxylation is 1. The Balaban J connectivity index is 1.88. The molecule has 0 bridgehead atoms. The molecule has 3 rings (SSSR count). The third kappa shape index (κ3) is 2.58. The van der Waals surface area contributed by atoms with Crippen molar-refractivity contribution in [2.24, 2.45) is 5.92 Å². The van der Waals surface area contributed by atoms with Crippen molar-refractivity contribution in [1.82, 2.24) is 4.57 Å². The number of hydrogen-bond donors (Lipinski definition) is 0. The lowest BCUT2D eigenvalue weighted by molar-refractivity contribution is 0.295. The summed E-state index contributed by atoms with van der Waals surface area (Å²) in [6, 6.07) is 6.14. The second-order valence-corrected chi connectivity index (χ2v) is 6.85. The minimum atomic E-state index is -0.246. The van der Waals surface area contributed by atoms with Crippen molar-refractivity contribution in [3.05, 3.63) is 34.3 Å². The van der Waals surface area contributed by atoms with Crippen LogP contribution in [0.3, 0.4) is 0 Å². The maximum Gasteiger partial charge on any atom is 0.419 e. The topological polar surface area (TPSA) is 35.1 Å². The average molecular weight is 338 g/mol. The van der Waals surface area contributed by atoms with Crippen molar-refractivity contribution < 1.29 is 4.42 Å². The molecule has 0 N–H and O–H groups in total. The number of halogens is 1. The van der Waals surface area contributed by atoms with Crippen LogP contribution in [0, 0.1) is 5.92 Å². The van der Waals surface area contributed by atoms with Gasteiger partial charge in [-0.05, 0) is 36.5 Å². The fourth-order valence-corrected chi connectivity index (χ4v) is 3.68. The number of fused-ring (bicyclic) bond motifs is 1. The van der Waals surface area contributed by atoms with Crippen LogP contribution in [0.25, 0.3) is 11.1 Å². The Bertz CT molecular complexity index is 654. The van der Waals surface area contributed by atoms with Crippen LogP contribution in [0.15, 0.2) is 27.4 Å². The summed E-state index contributed by atoms with van der Waals surface area (Å²) in [7, 11) is 0. The fourth-order valence-electron chi connectivity index (χ4n) is 2.87. The average Bonchev–Trinajstić information content (AvgIpc) is 2.70. The minimum Gasteiger partial charge on any atom is -0.408 e. The van der Waals surface area contributed by atoms with E-state index in [0.717, 1.165) is 17.9 Å². The third-order valence-electron chi connectivity index (χ3n) is 4.27. The molecule has 1 aromatic heterocycles. The highest BCUT2D eigenvalue weighted by Gasteiger charge is 2.22. The van der Waals surface area contributed by atoms with Gasteiger partial charge < -0.3 is 4.42 Å². The molecular formula is C16H20BrNO2. The summed E-state index contributed by atoms with van der Waals surface area (Å²) in [5.74, 6) is 0.607. The lowest BCUT2D eigenvalue weighted by Crippen LogP contribution is -2.13. The first-order valence-electron chi connectivity index (χ1n) is 7.46. The van der Waals surface area contributed by atoms with Crippen LogP contribution < -0.4 is 5.76 Å². The molecule has 0 aliphatic heterocycles. The molecule has 1 fully saturated rings. The second kappa shape index (κ2) is 5.76. The molecule has 4 heteroatoms. The normalized spacial score (nSPS) is 17.3. The maximum absolute atomic E-state index is 11.8. The Morgan fingerprint density at radius 2 is 2.25 bits per heavy atom. The highest BCUT2D eigenvalue weighted by atomic mass is 79.9. The van der Waals surface area contributed by atoms with Crippen LogP contribution in [0.2, 0.25) is 0 Å². The van der Waals surface area contributed by atoms with E-state index in [-0.39, 0.29) is 5.76 Å². The van der Waals surface area contributed by atoms with E-state index in [2.05, 4.69) is 28.9 Å². The fraction of sp³-hybridized carbons (Fsp3) is 0.562. The van der Waals surface area contributed by atoms with Crippen LogP contribution in [0.4, 0.5) is 0 Å². The van der Waals surface area contributed by atoms with Crippen molar-refractivity contribution in [2.45, 2.75) is 50.4 Å². The molecule has 3 nitrogen and oxygen atoms in total. The molecule has 1 aliphatic carbocycles. The Kier molecular flexibility index (Phi) is 4.01. The van der Waals surface area contributed by atoms with Gasteiger partial charge in [0.15, 0.2) is 5.58 Å². The number of benzene rings is 1. The molecule has 108 valence electrons. The van der Waals surface area contributed by atoms with E-state index in [4.69, 9.17) is 4.42 Å². The summed E-state index contributed by atoms with van der Waals surface area (Å²) in [6.07, 6.45) is 6.18. The summed E-state index contributed by atoms with van der Waals surface area (Å²) in [4.78, 5) is 12.2. The molecule has 2 aromatic rings. The van der Waals surface area contributed by atoms with Crippen LogP contribution in [-0.2, 0) is 6.54 Å². The van der Waals surface area contributed by atoms with E-state index in [9.17, 15) is 4.79 Å². The van der Waals surface area contributed by atoms with Gasteiger partial charge >= 0.3 is 5.76 Å². The van der Waals surface area contributed by atoms with E-state index < -0.39 is 0 Å². The smallest absolute Gasteiger partial charge is 0.408 e. The first kappa shape index (κ1) is 13.9. The molecular weight excluding hydrogens is 318 g/mol.